The Labute approximate surface area is 290 Å². The second-order valence-corrected chi connectivity index (χ2v) is 13.4. The van der Waals surface area contributed by atoms with Gasteiger partial charge in [-0.15, -0.1) is 0 Å². The maximum absolute atomic E-state index is 14.1. The molecule has 6 atom stereocenters. The number of nitrogens with one attached hydrogen (secondary N) is 3. The van der Waals surface area contributed by atoms with Crippen LogP contribution in [0.2, 0.25) is 0 Å². The molecule has 0 radical (unpaired) electrons. The average molecular weight is 685 g/mol. The van der Waals surface area contributed by atoms with E-state index in [1.807, 2.05) is 55.3 Å². The number of carbonyl (C=O) groups is 3. The molecule has 0 aromatic heterocycles. The summed E-state index contributed by atoms with van der Waals surface area (Å²) in [5, 5.41) is 31.6. The smallest absolute Gasteiger partial charge is 0.242 e. The number of aromatic hydroxyl groups is 1. The first-order chi connectivity index (χ1) is 23.4. The fourth-order valence-corrected chi connectivity index (χ4v) is 8.41. The van der Waals surface area contributed by atoms with Crippen LogP contribution in [-0.2, 0) is 25.5 Å². The minimum atomic E-state index is -0.839. The van der Waals surface area contributed by atoms with Gasteiger partial charge in [-0.05, 0) is 76.1 Å². The number of anilines is 1. The van der Waals surface area contributed by atoms with E-state index in [0.717, 1.165) is 16.8 Å². The van der Waals surface area contributed by atoms with Crippen molar-refractivity contribution in [3.8, 4) is 17.6 Å². The van der Waals surface area contributed by atoms with Gasteiger partial charge in [0.2, 0.25) is 11.7 Å². The number of ketones is 2. The molecule has 0 spiro atoms. The predicted molar refractivity (Wildman–Crippen MR) is 186 cm³/mol. The lowest BCUT2D eigenvalue weighted by Gasteiger charge is -2.60. The number of nitrogens with zero attached hydrogens (tertiary/aromatic N) is 3. The second-order valence-electron chi connectivity index (χ2n) is 13.0. The molecule has 2 bridgehead atoms. The molecular formula is C36H40N6O6S. The van der Waals surface area contributed by atoms with Crippen LogP contribution in [0, 0.1) is 18.3 Å². The molecule has 12 nitrogen and oxygen atoms in total. The Hall–Kier alpha value is -4.77. The molecule has 2 unspecified atom stereocenters. The summed E-state index contributed by atoms with van der Waals surface area (Å²) in [6.07, 6.45) is 0.625. The molecular weight excluding hydrogens is 644 g/mol. The van der Waals surface area contributed by atoms with Crippen molar-refractivity contribution in [2.75, 3.05) is 33.1 Å². The highest BCUT2D eigenvalue weighted by Crippen LogP contribution is 2.53. The third-order valence-corrected chi connectivity index (χ3v) is 10.5. The highest BCUT2D eigenvalue weighted by Gasteiger charge is 2.57. The highest BCUT2D eigenvalue weighted by atomic mass is 32.1. The number of fused-ring (bicyclic) bond motifs is 6. The molecule has 6 rings (SSSR count). The van der Waals surface area contributed by atoms with Gasteiger partial charge < -0.3 is 30.5 Å². The number of phenols is 1. The first-order valence-corrected chi connectivity index (χ1v) is 16.6. The maximum Gasteiger partial charge on any atom is 0.242 e. The number of piperazine rings is 1. The number of Topliss-reactive ketones (excluding diaryl/α,β-unsaturated/α-hetero) is 2. The number of thiocarbonyl (C=S) groups is 1. The van der Waals surface area contributed by atoms with E-state index < -0.39 is 36.0 Å². The van der Waals surface area contributed by atoms with E-state index in [0.29, 0.717) is 23.3 Å². The number of para-hydroxylation sites is 1. The van der Waals surface area contributed by atoms with Crippen LogP contribution in [0.25, 0.3) is 0 Å². The number of amides is 1. The van der Waals surface area contributed by atoms with Crippen molar-refractivity contribution in [2.24, 2.45) is 0 Å². The number of carbonyl (C=O) groups excluding carboxylic acids is 3. The van der Waals surface area contributed by atoms with Crippen LogP contribution in [0.3, 0.4) is 0 Å². The summed E-state index contributed by atoms with van der Waals surface area (Å²) in [4.78, 5) is 45.6. The number of rotatable bonds is 7. The Morgan fingerprint density at radius 3 is 2.49 bits per heavy atom. The quantitative estimate of drug-likeness (QED) is 0.250. The Morgan fingerprint density at radius 1 is 1.12 bits per heavy atom. The molecule has 2 aromatic carbocycles. The summed E-state index contributed by atoms with van der Waals surface area (Å²) >= 11 is 5.43. The molecule has 1 aliphatic carbocycles. The van der Waals surface area contributed by atoms with Gasteiger partial charge >= 0.3 is 0 Å². The van der Waals surface area contributed by atoms with Gasteiger partial charge in [-0.2, -0.15) is 5.26 Å². The van der Waals surface area contributed by atoms with E-state index >= 15 is 0 Å². The van der Waals surface area contributed by atoms with E-state index in [9.17, 15) is 24.8 Å². The summed E-state index contributed by atoms with van der Waals surface area (Å²) < 4.78 is 11.0. The normalized spacial score (nSPS) is 25.4. The van der Waals surface area contributed by atoms with Gasteiger partial charge in [0.15, 0.2) is 28.2 Å². The number of nitriles is 1. The predicted octanol–water partition coefficient (Wildman–Crippen LogP) is 2.82. The Bertz CT molecular complexity index is 1850. The van der Waals surface area contributed by atoms with Gasteiger partial charge in [0.25, 0.3) is 0 Å². The van der Waals surface area contributed by atoms with E-state index in [1.54, 1.807) is 13.8 Å². The van der Waals surface area contributed by atoms with Crippen molar-refractivity contribution in [3.05, 3.63) is 75.6 Å². The summed E-state index contributed by atoms with van der Waals surface area (Å²) in [5.74, 6) is -0.787. The Kier molecular flexibility index (Phi) is 9.23. The zero-order valence-corrected chi connectivity index (χ0v) is 29.1. The number of phenolic OH excluding ortho intramolecular Hbond substituents is 1. The Morgan fingerprint density at radius 2 is 1.84 bits per heavy atom. The maximum atomic E-state index is 14.1. The molecule has 256 valence electrons. The minimum Gasteiger partial charge on any atom is -0.504 e. The van der Waals surface area contributed by atoms with E-state index in [4.69, 9.17) is 21.7 Å². The summed E-state index contributed by atoms with van der Waals surface area (Å²) in [6.45, 7) is 5.04. The van der Waals surface area contributed by atoms with Crippen LogP contribution >= 0.6 is 12.2 Å². The van der Waals surface area contributed by atoms with Crippen molar-refractivity contribution < 1.29 is 29.0 Å². The lowest BCUT2D eigenvalue weighted by atomic mass is 9.69. The molecule has 4 N–H and O–H groups in total. The van der Waals surface area contributed by atoms with Crippen LogP contribution in [0.5, 0.6) is 11.5 Å². The molecule has 3 aliphatic heterocycles. The van der Waals surface area contributed by atoms with Crippen molar-refractivity contribution in [3.63, 3.8) is 0 Å². The van der Waals surface area contributed by atoms with Crippen LogP contribution in [0.4, 0.5) is 5.69 Å². The third kappa shape index (κ3) is 5.63. The number of methoxy groups -OCH3 is 2. The largest absolute Gasteiger partial charge is 0.504 e. The SMILES string of the molecule is COC1=C(C)C(=O)C2=C(C1=O)[C@H](CNC(=O)C(C)NC(=S)Nc1ccccc1)N1C(C2)[C@H]2c3c(cc(C)c(OC)c3O)C[C@@H]([C@@H]1C#N)N2C. The van der Waals surface area contributed by atoms with E-state index in [2.05, 4.69) is 26.9 Å². The summed E-state index contributed by atoms with van der Waals surface area (Å²) in [7, 11) is 4.79. The number of likely N-dealkylation sites (N-methyl/N-ethyl adjacent to an activating group) is 1. The molecule has 2 aromatic rings. The van der Waals surface area contributed by atoms with Crippen molar-refractivity contribution >= 4 is 40.5 Å². The minimum absolute atomic E-state index is 0.0246. The molecule has 13 heteroatoms. The van der Waals surface area contributed by atoms with Crippen molar-refractivity contribution in [1.29, 1.82) is 5.26 Å². The van der Waals surface area contributed by atoms with Gasteiger partial charge in [0.1, 0.15) is 12.1 Å². The molecule has 1 saturated heterocycles. The zero-order chi connectivity index (χ0) is 35.3. The lowest BCUT2D eigenvalue weighted by Crippen LogP contribution is -2.71. The number of benzene rings is 2. The first-order valence-electron chi connectivity index (χ1n) is 16.2. The monoisotopic (exact) mass is 684 g/mol. The fraction of sp³-hybridized carbons (Fsp3) is 0.417. The van der Waals surface area contributed by atoms with Crippen molar-refractivity contribution in [1.82, 2.24) is 20.4 Å². The topological polar surface area (TPSA) is 156 Å². The zero-order valence-electron chi connectivity index (χ0n) is 28.3. The van der Waals surface area contributed by atoms with Gasteiger partial charge in [-0.3, -0.25) is 24.2 Å². The molecule has 3 heterocycles. The number of ether oxygens (including phenoxy) is 2. The van der Waals surface area contributed by atoms with Gasteiger partial charge in [0.05, 0.1) is 32.4 Å². The van der Waals surface area contributed by atoms with Gasteiger partial charge in [0, 0.05) is 46.6 Å². The molecule has 49 heavy (non-hydrogen) atoms. The van der Waals surface area contributed by atoms with Gasteiger partial charge in [-0.25, -0.2) is 0 Å². The number of aryl methyl sites for hydroxylation is 1. The highest BCUT2D eigenvalue weighted by molar-refractivity contribution is 7.80. The van der Waals surface area contributed by atoms with Crippen LogP contribution < -0.4 is 20.7 Å². The third-order valence-electron chi connectivity index (χ3n) is 10.3. The summed E-state index contributed by atoms with van der Waals surface area (Å²) in [6, 6.07) is 10.3. The number of allylic oxidation sites excluding steroid dienone is 2. The van der Waals surface area contributed by atoms with E-state index in [-0.39, 0.29) is 58.5 Å². The van der Waals surface area contributed by atoms with Crippen LogP contribution in [-0.4, -0.2) is 95.5 Å². The first kappa shape index (κ1) is 34.1. The summed E-state index contributed by atoms with van der Waals surface area (Å²) in [5.41, 5.74) is 3.90. The standard InChI is InChI=1S/C36H40N6O6S/c1-17-12-20-13-23-25(15-37)42-24(29(41(23)4)27(20)31(44)33(17)47-5)14-22-28(32(45)34(48-6)18(2)30(22)43)26(42)16-38-35(46)19(3)39-36(49)40-21-10-8-7-9-11-21/h7-12,19,23-26,29,44H,13-14,16H2,1-6H3,(H,38,46)(H2,39,40,49)/t19?,23-,24?,25-,26-,29-/m0/s1. The van der Waals surface area contributed by atoms with Crippen LogP contribution in [0.1, 0.15) is 43.0 Å². The van der Waals surface area contributed by atoms with E-state index in [1.165, 1.54) is 14.2 Å². The molecule has 1 amide bonds. The molecule has 4 aliphatic rings. The number of hydrogen-bond donors (Lipinski definition) is 4. The van der Waals surface area contributed by atoms with Crippen LogP contribution in [0.15, 0.2) is 58.9 Å². The molecule has 0 saturated carbocycles. The lowest BCUT2D eigenvalue weighted by molar-refractivity contribution is -0.125. The van der Waals surface area contributed by atoms with Gasteiger partial charge in [-0.1, -0.05) is 24.3 Å². The Balaban J connectivity index is 1.38. The second kappa shape index (κ2) is 13.3. The van der Waals surface area contributed by atoms with Crippen molar-refractivity contribution in [2.45, 2.75) is 69.9 Å². The molecule has 1 fully saturated rings. The number of hydrogen-bond acceptors (Lipinski definition) is 10. The average Bonchev–Trinajstić information content (AvgIpc) is 3.07. The fourth-order valence-electron chi connectivity index (χ4n) is 8.11.